The normalized spacial score (nSPS) is 11.3. The van der Waals surface area contributed by atoms with E-state index < -0.39 is 22.9 Å². The van der Waals surface area contributed by atoms with Crippen LogP contribution < -0.4 is 5.32 Å². The quantitative estimate of drug-likeness (QED) is 0.388. The third-order valence-corrected chi connectivity index (χ3v) is 4.09. The van der Waals surface area contributed by atoms with E-state index in [9.17, 15) is 19.7 Å². The number of hydrogen-bond donors (Lipinski definition) is 1. The lowest BCUT2D eigenvalue weighted by Gasteiger charge is -2.18. The number of carbonyl (C=O) groups excluding carboxylic acids is 2. The molecular formula is C21H17N3O5. The van der Waals surface area contributed by atoms with Gasteiger partial charge in [-0.05, 0) is 30.7 Å². The summed E-state index contributed by atoms with van der Waals surface area (Å²) in [4.78, 5) is 40.0. The van der Waals surface area contributed by atoms with Crippen LogP contribution in [0.3, 0.4) is 0 Å². The van der Waals surface area contributed by atoms with Crippen molar-refractivity contribution in [2.75, 3.05) is 5.32 Å². The molecule has 1 heterocycles. The van der Waals surface area contributed by atoms with E-state index in [0.29, 0.717) is 11.1 Å². The average molecular weight is 391 g/mol. The van der Waals surface area contributed by atoms with Crippen molar-refractivity contribution in [2.45, 2.75) is 13.0 Å². The van der Waals surface area contributed by atoms with Crippen LogP contribution >= 0.6 is 0 Å². The zero-order valence-electron chi connectivity index (χ0n) is 15.4. The van der Waals surface area contributed by atoms with Gasteiger partial charge in [0, 0.05) is 24.0 Å². The summed E-state index contributed by atoms with van der Waals surface area (Å²) in [6.45, 7) is 1.71. The highest BCUT2D eigenvalue weighted by atomic mass is 16.6. The lowest BCUT2D eigenvalue weighted by Crippen LogP contribution is -2.26. The third kappa shape index (κ3) is 4.81. The van der Waals surface area contributed by atoms with Gasteiger partial charge in [0.05, 0.1) is 10.5 Å². The van der Waals surface area contributed by atoms with E-state index >= 15 is 0 Å². The number of nitro groups is 1. The predicted molar refractivity (Wildman–Crippen MR) is 105 cm³/mol. The SMILES string of the molecule is Cc1ccc(NC(=O)[C@@H](OC(=O)c2ccncc2)c2ccccc2)c([N+](=O)[O-])c1. The molecule has 0 saturated carbocycles. The number of aryl methyl sites for hydroxylation is 1. The van der Waals surface area contributed by atoms with E-state index in [2.05, 4.69) is 10.3 Å². The number of rotatable bonds is 6. The fourth-order valence-electron chi connectivity index (χ4n) is 2.66. The Morgan fingerprint density at radius 1 is 1.07 bits per heavy atom. The molecule has 0 fully saturated rings. The Hall–Kier alpha value is -4.07. The van der Waals surface area contributed by atoms with Gasteiger partial charge in [0.25, 0.3) is 11.6 Å². The van der Waals surface area contributed by atoms with Crippen molar-refractivity contribution in [1.82, 2.24) is 4.98 Å². The third-order valence-electron chi connectivity index (χ3n) is 4.09. The molecule has 8 nitrogen and oxygen atoms in total. The highest BCUT2D eigenvalue weighted by molar-refractivity contribution is 5.99. The smallest absolute Gasteiger partial charge is 0.339 e. The number of carbonyl (C=O) groups is 2. The summed E-state index contributed by atoms with van der Waals surface area (Å²) in [6.07, 6.45) is 1.58. The first-order chi connectivity index (χ1) is 14.0. The standard InChI is InChI=1S/C21H17N3O5/c1-14-7-8-17(18(13-14)24(27)28)23-20(25)19(15-5-3-2-4-6-15)29-21(26)16-9-11-22-12-10-16/h2-13,19H,1H3,(H,23,25)/t19-/m0/s1. The number of amides is 1. The van der Waals surface area contributed by atoms with Gasteiger partial charge in [0.15, 0.2) is 0 Å². The van der Waals surface area contributed by atoms with E-state index in [0.717, 1.165) is 0 Å². The fourth-order valence-corrected chi connectivity index (χ4v) is 2.66. The molecule has 0 aliphatic rings. The van der Waals surface area contributed by atoms with Crippen LogP contribution in [0.2, 0.25) is 0 Å². The molecular weight excluding hydrogens is 374 g/mol. The van der Waals surface area contributed by atoms with Crippen molar-refractivity contribution in [1.29, 1.82) is 0 Å². The zero-order chi connectivity index (χ0) is 20.8. The highest BCUT2D eigenvalue weighted by Gasteiger charge is 2.27. The molecule has 0 spiro atoms. The van der Waals surface area contributed by atoms with Crippen molar-refractivity contribution in [3.63, 3.8) is 0 Å². The molecule has 1 aromatic heterocycles. The van der Waals surface area contributed by atoms with Crippen LogP contribution in [-0.4, -0.2) is 21.8 Å². The van der Waals surface area contributed by atoms with Gasteiger partial charge in [-0.2, -0.15) is 0 Å². The Balaban J connectivity index is 1.90. The van der Waals surface area contributed by atoms with E-state index in [-0.39, 0.29) is 16.9 Å². The number of benzene rings is 2. The van der Waals surface area contributed by atoms with Crippen LogP contribution in [0, 0.1) is 17.0 Å². The molecule has 0 radical (unpaired) electrons. The van der Waals surface area contributed by atoms with Gasteiger partial charge in [0.1, 0.15) is 5.69 Å². The summed E-state index contributed by atoms with van der Waals surface area (Å²) < 4.78 is 5.43. The molecule has 1 amide bonds. The summed E-state index contributed by atoms with van der Waals surface area (Å²) in [5, 5.41) is 13.8. The maximum Gasteiger partial charge on any atom is 0.339 e. The molecule has 8 heteroatoms. The minimum absolute atomic E-state index is 0.0199. The molecule has 29 heavy (non-hydrogen) atoms. The van der Waals surface area contributed by atoms with E-state index in [1.807, 2.05) is 0 Å². The number of pyridine rings is 1. The number of hydrogen-bond acceptors (Lipinski definition) is 6. The Morgan fingerprint density at radius 2 is 1.76 bits per heavy atom. The number of anilines is 1. The summed E-state index contributed by atoms with van der Waals surface area (Å²) in [5.74, 6) is -1.42. The molecule has 0 bridgehead atoms. The van der Waals surface area contributed by atoms with Gasteiger partial charge < -0.3 is 10.1 Å². The maximum atomic E-state index is 12.9. The molecule has 0 aliphatic carbocycles. The highest BCUT2D eigenvalue weighted by Crippen LogP contribution is 2.28. The summed E-state index contributed by atoms with van der Waals surface area (Å²) in [5.41, 5.74) is 1.12. The van der Waals surface area contributed by atoms with Crippen LogP contribution in [0.15, 0.2) is 73.1 Å². The molecule has 2 aromatic carbocycles. The van der Waals surface area contributed by atoms with Gasteiger partial charge >= 0.3 is 5.97 Å². The van der Waals surface area contributed by atoms with Crippen LogP contribution in [0.25, 0.3) is 0 Å². The molecule has 146 valence electrons. The second-order valence-electron chi connectivity index (χ2n) is 6.20. The second kappa shape index (κ2) is 8.75. The van der Waals surface area contributed by atoms with Crippen LogP contribution in [0.1, 0.15) is 27.6 Å². The molecule has 3 aromatic rings. The maximum absolute atomic E-state index is 12.9. The Labute approximate surface area is 166 Å². The fraction of sp³-hybridized carbons (Fsp3) is 0.0952. The topological polar surface area (TPSA) is 111 Å². The lowest BCUT2D eigenvalue weighted by molar-refractivity contribution is -0.384. The molecule has 0 unspecified atom stereocenters. The zero-order valence-corrected chi connectivity index (χ0v) is 15.4. The number of nitrogens with one attached hydrogen (secondary N) is 1. The lowest BCUT2D eigenvalue weighted by atomic mass is 10.1. The first-order valence-electron chi connectivity index (χ1n) is 8.67. The number of nitrogens with zero attached hydrogens (tertiary/aromatic N) is 2. The van der Waals surface area contributed by atoms with Crippen molar-refractivity contribution < 1.29 is 19.2 Å². The Morgan fingerprint density at radius 3 is 2.41 bits per heavy atom. The van der Waals surface area contributed by atoms with Crippen molar-refractivity contribution in [3.8, 4) is 0 Å². The number of esters is 1. The van der Waals surface area contributed by atoms with Crippen molar-refractivity contribution in [3.05, 3.63) is 99.9 Å². The molecule has 3 rings (SSSR count). The van der Waals surface area contributed by atoms with E-state index in [4.69, 9.17) is 4.74 Å². The van der Waals surface area contributed by atoms with Crippen molar-refractivity contribution >= 4 is 23.3 Å². The van der Waals surface area contributed by atoms with Crippen LogP contribution in [0.5, 0.6) is 0 Å². The summed E-state index contributed by atoms with van der Waals surface area (Å²) in [7, 11) is 0. The van der Waals surface area contributed by atoms with Crippen molar-refractivity contribution in [2.24, 2.45) is 0 Å². The van der Waals surface area contributed by atoms with Gasteiger partial charge in [-0.3, -0.25) is 19.9 Å². The minimum atomic E-state index is -1.29. The Kier molecular flexibility index (Phi) is 5.94. The first kappa shape index (κ1) is 19.7. The van der Waals surface area contributed by atoms with E-state index in [1.54, 1.807) is 43.3 Å². The monoisotopic (exact) mass is 391 g/mol. The number of nitro benzene ring substituents is 1. The van der Waals surface area contributed by atoms with Crippen LogP contribution in [-0.2, 0) is 9.53 Å². The Bertz CT molecular complexity index is 1040. The van der Waals surface area contributed by atoms with Gasteiger partial charge in [-0.1, -0.05) is 36.4 Å². The molecule has 1 atom stereocenters. The summed E-state index contributed by atoms with van der Waals surface area (Å²) in [6, 6.07) is 15.8. The predicted octanol–water partition coefficient (Wildman–Crippen LogP) is 3.84. The number of ether oxygens (including phenoxy) is 1. The molecule has 0 aliphatic heterocycles. The van der Waals surface area contributed by atoms with Gasteiger partial charge in [-0.25, -0.2) is 4.79 Å². The van der Waals surface area contributed by atoms with Gasteiger partial charge in [0.2, 0.25) is 6.10 Å². The molecule has 0 saturated heterocycles. The summed E-state index contributed by atoms with van der Waals surface area (Å²) >= 11 is 0. The van der Waals surface area contributed by atoms with Gasteiger partial charge in [-0.15, -0.1) is 0 Å². The van der Waals surface area contributed by atoms with Crippen LogP contribution in [0.4, 0.5) is 11.4 Å². The van der Waals surface area contributed by atoms with E-state index in [1.165, 1.54) is 36.7 Å². The first-order valence-corrected chi connectivity index (χ1v) is 8.67. The average Bonchev–Trinajstić information content (AvgIpc) is 2.74. The minimum Gasteiger partial charge on any atom is -0.444 e. The second-order valence-corrected chi connectivity index (χ2v) is 6.20. The largest absolute Gasteiger partial charge is 0.444 e. The number of aromatic nitrogens is 1. The molecule has 1 N–H and O–H groups in total.